The smallest absolute Gasteiger partial charge is 0.0468 e. The number of rotatable bonds is 1. The molecule has 0 bridgehead atoms. The summed E-state index contributed by atoms with van der Waals surface area (Å²) in [4.78, 5) is 2.26. The maximum atomic E-state index is 3.85. The molecule has 0 aliphatic carbocycles. The van der Waals surface area contributed by atoms with Gasteiger partial charge in [-0.1, -0.05) is 24.8 Å². The van der Waals surface area contributed by atoms with Crippen LogP contribution in [0, 0.1) is 6.92 Å². The molecule has 0 N–H and O–H groups in total. The van der Waals surface area contributed by atoms with E-state index in [1.807, 2.05) is 6.20 Å². The standard InChI is InChI=1S/C12H15N/c1-3-13-9-5-8-11-7-4-6-10(2)12(11)13/h3-4,6-7H,1,5,8-9H2,2H3. The molecule has 68 valence electrons. The Labute approximate surface area is 79.7 Å². The Morgan fingerprint density at radius 3 is 3.08 bits per heavy atom. The molecule has 1 aromatic rings. The highest BCUT2D eigenvalue weighted by Gasteiger charge is 2.15. The van der Waals surface area contributed by atoms with Crippen molar-refractivity contribution < 1.29 is 0 Å². The zero-order chi connectivity index (χ0) is 9.26. The molecule has 0 saturated carbocycles. The molecule has 0 fully saturated rings. The van der Waals surface area contributed by atoms with Gasteiger partial charge in [-0.3, -0.25) is 0 Å². The average molecular weight is 173 g/mol. The molecule has 2 rings (SSSR count). The first-order valence-electron chi connectivity index (χ1n) is 4.80. The predicted molar refractivity (Wildman–Crippen MR) is 57.0 cm³/mol. The summed E-state index contributed by atoms with van der Waals surface area (Å²) in [7, 11) is 0. The van der Waals surface area contributed by atoms with Crippen LogP contribution in [0.4, 0.5) is 5.69 Å². The van der Waals surface area contributed by atoms with Crippen molar-refractivity contribution in [2.24, 2.45) is 0 Å². The number of fused-ring (bicyclic) bond motifs is 1. The first-order valence-corrected chi connectivity index (χ1v) is 4.80. The Balaban J connectivity index is 2.53. The molecule has 1 heteroatoms. The largest absolute Gasteiger partial charge is 0.348 e. The van der Waals surface area contributed by atoms with Crippen LogP contribution in [0.3, 0.4) is 0 Å². The Morgan fingerprint density at radius 2 is 2.31 bits per heavy atom. The lowest BCUT2D eigenvalue weighted by Crippen LogP contribution is -2.24. The van der Waals surface area contributed by atoms with Crippen molar-refractivity contribution in [3.05, 3.63) is 42.1 Å². The molecule has 0 saturated heterocycles. The number of aryl methyl sites for hydroxylation is 2. The first kappa shape index (κ1) is 8.36. The summed E-state index contributed by atoms with van der Waals surface area (Å²) in [6, 6.07) is 6.53. The molecule has 1 aliphatic heterocycles. The molecule has 0 atom stereocenters. The molecule has 0 radical (unpaired) electrons. The topological polar surface area (TPSA) is 3.24 Å². The van der Waals surface area contributed by atoms with Crippen LogP contribution in [0.1, 0.15) is 17.5 Å². The number of anilines is 1. The van der Waals surface area contributed by atoms with Gasteiger partial charge in [0.05, 0.1) is 0 Å². The molecule has 1 aliphatic rings. The minimum Gasteiger partial charge on any atom is -0.348 e. The monoisotopic (exact) mass is 173 g/mol. The Bertz CT molecular complexity index is 328. The molecule has 13 heavy (non-hydrogen) atoms. The Kier molecular flexibility index (Phi) is 2.09. The molecule has 1 nitrogen and oxygen atoms in total. The van der Waals surface area contributed by atoms with Crippen molar-refractivity contribution in [1.82, 2.24) is 0 Å². The van der Waals surface area contributed by atoms with Crippen molar-refractivity contribution >= 4 is 5.69 Å². The number of para-hydroxylation sites is 1. The van der Waals surface area contributed by atoms with E-state index in [0.29, 0.717) is 0 Å². The van der Waals surface area contributed by atoms with E-state index in [0.717, 1.165) is 6.54 Å². The lowest BCUT2D eigenvalue weighted by atomic mass is 9.99. The van der Waals surface area contributed by atoms with E-state index < -0.39 is 0 Å². The van der Waals surface area contributed by atoms with E-state index in [-0.39, 0.29) is 0 Å². The number of nitrogens with zero attached hydrogens (tertiary/aromatic N) is 1. The number of hydrogen-bond acceptors (Lipinski definition) is 1. The molecule has 0 amide bonds. The van der Waals surface area contributed by atoms with Crippen LogP contribution in [-0.2, 0) is 6.42 Å². The van der Waals surface area contributed by atoms with E-state index in [9.17, 15) is 0 Å². The van der Waals surface area contributed by atoms with Crippen molar-refractivity contribution in [3.63, 3.8) is 0 Å². The predicted octanol–water partition coefficient (Wildman–Crippen LogP) is 2.89. The van der Waals surface area contributed by atoms with E-state index in [2.05, 4.69) is 36.6 Å². The van der Waals surface area contributed by atoms with Gasteiger partial charge in [-0.15, -0.1) is 0 Å². The third-order valence-electron chi connectivity index (χ3n) is 2.67. The quantitative estimate of drug-likeness (QED) is 0.631. The van der Waals surface area contributed by atoms with E-state index in [1.54, 1.807) is 0 Å². The zero-order valence-electron chi connectivity index (χ0n) is 8.09. The molecule has 1 heterocycles. The molecular formula is C12H15N. The van der Waals surface area contributed by atoms with Gasteiger partial charge in [0.25, 0.3) is 0 Å². The molecular weight excluding hydrogens is 158 g/mol. The third kappa shape index (κ3) is 1.35. The maximum Gasteiger partial charge on any atom is 0.0468 e. The van der Waals surface area contributed by atoms with Gasteiger partial charge in [-0.2, -0.15) is 0 Å². The summed E-state index contributed by atoms with van der Waals surface area (Å²) in [6.45, 7) is 7.13. The lowest BCUT2D eigenvalue weighted by molar-refractivity contribution is 0.760. The van der Waals surface area contributed by atoms with E-state index >= 15 is 0 Å². The summed E-state index contributed by atoms with van der Waals surface area (Å²) >= 11 is 0. The van der Waals surface area contributed by atoms with Gasteiger partial charge in [0, 0.05) is 12.2 Å². The summed E-state index contributed by atoms with van der Waals surface area (Å²) in [5.41, 5.74) is 4.20. The Morgan fingerprint density at radius 1 is 1.46 bits per heavy atom. The number of benzene rings is 1. The second-order valence-electron chi connectivity index (χ2n) is 3.56. The summed E-state index contributed by atoms with van der Waals surface area (Å²) in [6.07, 6.45) is 4.38. The van der Waals surface area contributed by atoms with Crippen molar-refractivity contribution in [1.29, 1.82) is 0 Å². The van der Waals surface area contributed by atoms with Crippen LogP contribution < -0.4 is 4.90 Å². The zero-order valence-corrected chi connectivity index (χ0v) is 8.09. The van der Waals surface area contributed by atoms with E-state index in [4.69, 9.17) is 0 Å². The van der Waals surface area contributed by atoms with Crippen LogP contribution >= 0.6 is 0 Å². The van der Waals surface area contributed by atoms with Crippen molar-refractivity contribution in [2.45, 2.75) is 19.8 Å². The Hall–Kier alpha value is -1.24. The summed E-state index contributed by atoms with van der Waals surface area (Å²) in [5.74, 6) is 0. The maximum absolute atomic E-state index is 3.85. The second-order valence-corrected chi connectivity index (χ2v) is 3.56. The van der Waals surface area contributed by atoms with Crippen LogP contribution in [-0.4, -0.2) is 6.54 Å². The highest BCUT2D eigenvalue weighted by Crippen LogP contribution is 2.30. The molecule has 0 spiro atoms. The highest BCUT2D eigenvalue weighted by molar-refractivity contribution is 5.62. The fourth-order valence-electron chi connectivity index (χ4n) is 2.07. The fraction of sp³-hybridized carbons (Fsp3) is 0.333. The first-order chi connectivity index (χ1) is 6.33. The third-order valence-corrected chi connectivity index (χ3v) is 2.67. The average Bonchev–Trinajstić information content (AvgIpc) is 2.17. The van der Waals surface area contributed by atoms with Gasteiger partial charge in [0.15, 0.2) is 0 Å². The minimum atomic E-state index is 1.11. The van der Waals surface area contributed by atoms with Crippen molar-refractivity contribution in [3.8, 4) is 0 Å². The van der Waals surface area contributed by atoms with Gasteiger partial charge in [-0.05, 0) is 37.1 Å². The van der Waals surface area contributed by atoms with E-state index in [1.165, 1.54) is 29.7 Å². The van der Waals surface area contributed by atoms with Gasteiger partial charge in [0.1, 0.15) is 0 Å². The molecule has 1 aromatic carbocycles. The minimum absolute atomic E-state index is 1.11. The SMILES string of the molecule is C=CN1CCCc2cccc(C)c21. The fourth-order valence-corrected chi connectivity index (χ4v) is 2.07. The molecule has 0 unspecified atom stereocenters. The highest BCUT2D eigenvalue weighted by atomic mass is 15.1. The number of hydrogen-bond donors (Lipinski definition) is 0. The lowest BCUT2D eigenvalue weighted by Gasteiger charge is -2.29. The van der Waals surface area contributed by atoms with Gasteiger partial charge in [0.2, 0.25) is 0 Å². The van der Waals surface area contributed by atoms with Crippen LogP contribution in [0.15, 0.2) is 31.0 Å². The summed E-state index contributed by atoms with van der Waals surface area (Å²) < 4.78 is 0. The molecule has 0 aromatic heterocycles. The van der Waals surface area contributed by atoms with Gasteiger partial charge < -0.3 is 4.90 Å². The van der Waals surface area contributed by atoms with Gasteiger partial charge >= 0.3 is 0 Å². The van der Waals surface area contributed by atoms with Crippen molar-refractivity contribution in [2.75, 3.05) is 11.4 Å². The van der Waals surface area contributed by atoms with Crippen LogP contribution in [0.25, 0.3) is 0 Å². The van der Waals surface area contributed by atoms with Crippen LogP contribution in [0.2, 0.25) is 0 Å². The second kappa shape index (κ2) is 3.25. The normalized spacial score (nSPS) is 15.3. The van der Waals surface area contributed by atoms with Crippen LogP contribution in [0.5, 0.6) is 0 Å². The summed E-state index contributed by atoms with van der Waals surface area (Å²) in [5, 5.41) is 0. The van der Waals surface area contributed by atoms with Gasteiger partial charge in [-0.25, -0.2) is 0 Å².